The zero-order valence-electron chi connectivity index (χ0n) is 32.1. The van der Waals surface area contributed by atoms with Gasteiger partial charge in [-0.1, -0.05) is 43.0 Å². The van der Waals surface area contributed by atoms with Crippen molar-refractivity contribution in [1.29, 1.82) is 0 Å². The molecule has 0 saturated carbocycles. The predicted octanol–water partition coefficient (Wildman–Crippen LogP) is 6.10. The number of carbonyl (C=O) groups excluding carboxylic acids is 4. The average molecular weight is 798 g/mol. The minimum atomic E-state index is -0.596. The molecule has 3 aliphatic heterocycles. The number of halogens is 1. The number of rotatable bonds is 13. The second-order valence-electron chi connectivity index (χ2n) is 15.1. The number of hydrogen-bond acceptors (Lipinski definition) is 10. The number of imide groups is 1. The van der Waals surface area contributed by atoms with Crippen LogP contribution in [0.5, 0.6) is 0 Å². The number of benzene rings is 1. The van der Waals surface area contributed by atoms with Gasteiger partial charge in [0.15, 0.2) is 5.82 Å². The van der Waals surface area contributed by atoms with E-state index in [-0.39, 0.29) is 30.0 Å². The van der Waals surface area contributed by atoms with E-state index in [1.807, 2.05) is 36.1 Å². The van der Waals surface area contributed by atoms with Crippen LogP contribution in [0.25, 0.3) is 5.00 Å². The fraction of sp³-hybridized carbons (Fsp3) is 0.463. The maximum Gasteiger partial charge on any atom is 0.251 e. The normalized spacial score (nSPS) is 19.2. The largest absolute Gasteiger partial charge is 0.356 e. The summed E-state index contributed by atoms with van der Waals surface area (Å²) < 4.78 is 2.05. The molecule has 2 fully saturated rings. The third-order valence-electron chi connectivity index (χ3n) is 11.2. The molecule has 13 nitrogen and oxygen atoms in total. The Balaban J connectivity index is 0.847. The first-order valence-corrected chi connectivity index (χ1v) is 20.7. The minimum Gasteiger partial charge on any atom is -0.356 e. The van der Waals surface area contributed by atoms with Gasteiger partial charge >= 0.3 is 0 Å². The number of aromatic nitrogens is 4. The van der Waals surface area contributed by atoms with Crippen molar-refractivity contribution in [3.8, 4) is 5.00 Å². The number of fused-ring (bicyclic) bond motifs is 3. The molecule has 6 heterocycles. The third-order valence-corrected chi connectivity index (χ3v) is 12.6. The van der Waals surface area contributed by atoms with Gasteiger partial charge in [0.1, 0.15) is 22.7 Å². The van der Waals surface area contributed by atoms with E-state index in [1.54, 1.807) is 29.7 Å². The Morgan fingerprint density at radius 2 is 1.73 bits per heavy atom. The van der Waals surface area contributed by atoms with Crippen molar-refractivity contribution in [3.63, 3.8) is 0 Å². The van der Waals surface area contributed by atoms with Crippen LogP contribution in [0.2, 0.25) is 5.02 Å². The van der Waals surface area contributed by atoms with Crippen LogP contribution in [0.15, 0.2) is 47.6 Å². The van der Waals surface area contributed by atoms with Gasteiger partial charge in [-0.2, -0.15) is 0 Å². The quantitative estimate of drug-likeness (QED) is 0.108. The second kappa shape index (κ2) is 17.0. The molecule has 0 radical (unpaired) electrons. The molecular formula is C41H48ClN9O4S. The molecule has 1 unspecified atom stereocenters. The van der Waals surface area contributed by atoms with Crippen LogP contribution in [-0.2, 0) is 14.4 Å². The monoisotopic (exact) mass is 797 g/mol. The summed E-state index contributed by atoms with van der Waals surface area (Å²) in [5.41, 5.74) is 3.87. The standard InChI is InChI=1S/C41H48ClN9O4S/c1-25-26(2)56-39-35(25)36(28-11-13-30(42)14-12-28)46-31(37-49-48-27(3)51(37)39)23-34(53)44-18-7-5-4-6-8-19-45-38(54)29-15-20-43-32(22-29)50-21-17-41(24-50)16-9-10-33(52)47-40(41)55/h11-15,20,22,31H,4-10,16-19,21,23-24H2,1-3H3,(H,44,53)(H,45,54)(H,47,52,55)/t31-,41?/m0/s1. The van der Waals surface area contributed by atoms with E-state index < -0.39 is 11.5 Å². The number of unbranched alkanes of at least 4 members (excludes halogenated alkanes) is 4. The maximum absolute atomic E-state index is 13.3. The van der Waals surface area contributed by atoms with Crippen molar-refractivity contribution in [1.82, 2.24) is 35.7 Å². The summed E-state index contributed by atoms with van der Waals surface area (Å²) in [6.45, 7) is 8.39. The molecule has 56 heavy (non-hydrogen) atoms. The highest BCUT2D eigenvalue weighted by atomic mass is 35.5. The van der Waals surface area contributed by atoms with Crippen LogP contribution in [0.4, 0.5) is 5.82 Å². The van der Waals surface area contributed by atoms with Crippen molar-refractivity contribution in [2.75, 3.05) is 31.1 Å². The van der Waals surface area contributed by atoms with Crippen LogP contribution in [-0.4, -0.2) is 75.3 Å². The van der Waals surface area contributed by atoms with Crippen LogP contribution in [0.1, 0.15) is 114 Å². The molecule has 294 valence electrons. The average Bonchev–Trinajstić information content (AvgIpc) is 3.82. The Morgan fingerprint density at radius 1 is 0.982 bits per heavy atom. The Hall–Kier alpha value is -4.95. The van der Waals surface area contributed by atoms with Crippen LogP contribution >= 0.6 is 22.9 Å². The first kappa shape index (κ1) is 39.3. The summed E-state index contributed by atoms with van der Waals surface area (Å²) in [6.07, 6.45) is 8.75. The lowest BCUT2D eigenvalue weighted by Crippen LogP contribution is -2.43. The number of nitrogens with zero attached hydrogens (tertiary/aromatic N) is 6. The predicted molar refractivity (Wildman–Crippen MR) is 217 cm³/mol. The maximum atomic E-state index is 13.3. The number of thiophene rings is 1. The molecule has 0 aliphatic carbocycles. The van der Waals surface area contributed by atoms with Crippen molar-refractivity contribution in [2.24, 2.45) is 10.4 Å². The van der Waals surface area contributed by atoms with Crippen molar-refractivity contribution < 1.29 is 19.2 Å². The zero-order valence-corrected chi connectivity index (χ0v) is 33.7. The Morgan fingerprint density at radius 3 is 2.52 bits per heavy atom. The molecule has 3 aromatic heterocycles. The van der Waals surface area contributed by atoms with E-state index in [0.717, 1.165) is 65.3 Å². The second-order valence-corrected chi connectivity index (χ2v) is 16.7. The van der Waals surface area contributed by atoms with Gasteiger partial charge in [0.05, 0.1) is 17.5 Å². The number of aliphatic imine (C=N–C) groups is 1. The molecule has 2 atom stereocenters. The number of anilines is 1. The smallest absolute Gasteiger partial charge is 0.251 e. The van der Waals surface area contributed by atoms with Gasteiger partial charge in [0, 0.05) is 65.4 Å². The minimum absolute atomic E-state index is 0.0859. The van der Waals surface area contributed by atoms with Crippen LogP contribution in [0, 0.1) is 26.2 Å². The molecule has 2 saturated heterocycles. The molecule has 1 aromatic carbocycles. The molecule has 7 rings (SSSR count). The molecule has 4 aromatic rings. The van der Waals surface area contributed by atoms with E-state index in [2.05, 4.69) is 49.5 Å². The van der Waals surface area contributed by atoms with Crippen molar-refractivity contribution >= 4 is 58.1 Å². The third kappa shape index (κ3) is 8.41. The summed E-state index contributed by atoms with van der Waals surface area (Å²) in [6, 6.07) is 10.6. The molecule has 3 N–H and O–H groups in total. The van der Waals surface area contributed by atoms with Crippen molar-refractivity contribution in [3.05, 3.63) is 86.4 Å². The van der Waals surface area contributed by atoms with Crippen LogP contribution in [0.3, 0.4) is 0 Å². The highest BCUT2D eigenvalue weighted by molar-refractivity contribution is 7.15. The SMILES string of the molecule is Cc1sc2c(c1C)C(c1ccc(Cl)cc1)=N[C@@H](CC(=O)NCCCCCCCNC(=O)c1ccnc(N3CCC4(CCCC(=O)NC4=O)C3)c1)c1nnc(C)n1-2. The van der Waals surface area contributed by atoms with E-state index in [1.165, 1.54) is 4.88 Å². The lowest BCUT2D eigenvalue weighted by atomic mass is 9.82. The van der Waals surface area contributed by atoms with Gasteiger partial charge in [-0.3, -0.25) is 34.1 Å². The molecule has 1 spiro atoms. The van der Waals surface area contributed by atoms with Crippen LogP contribution < -0.4 is 20.9 Å². The fourth-order valence-electron chi connectivity index (χ4n) is 7.90. The molecular weight excluding hydrogens is 750 g/mol. The summed E-state index contributed by atoms with van der Waals surface area (Å²) in [7, 11) is 0. The first-order valence-electron chi connectivity index (χ1n) is 19.5. The van der Waals surface area contributed by atoms with E-state index >= 15 is 0 Å². The number of hydrogen-bond donors (Lipinski definition) is 3. The molecule has 4 amide bonds. The van der Waals surface area contributed by atoms with Gasteiger partial charge in [-0.05, 0) is 82.7 Å². The number of aryl methyl sites for hydroxylation is 2. The number of amides is 4. The first-order chi connectivity index (χ1) is 27.0. The Bertz CT molecular complexity index is 2160. The van der Waals surface area contributed by atoms with Crippen molar-refractivity contribution in [2.45, 2.75) is 91.0 Å². The number of carbonyl (C=O) groups is 4. The number of pyridine rings is 1. The number of nitrogens with one attached hydrogen (secondary N) is 3. The van der Waals surface area contributed by atoms with E-state index in [0.29, 0.717) is 74.1 Å². The Labute approximate surface area is 335 Å². The summed E-state index contributed by atoms with van der Waals surface area (Å²) in [5, 5.41) is 19.2. The van der Waals surface area contributed by atoms with Gasteiger partial charge in [0.25, 0.3) is 5.91 Å². The summed E-state index contributed by atoms with van der Waals surface area (Å²) in [4.78, 5) is 63.8. The van der Waals surface area contributed by atoms with Gasteiger partial charge in [-0.25, -0.2) is 4.98 Å². The zero-order chi connectivity index (χ0) is 39.4. The topological polar surface area (TPSA) is 164 Å². The molecule has 15 heteroatoms. The lowest BCUT2D eigenvalue weighted by Gasteiger charge is -2.26. The summed E-state index contributed by atoms with van der Waals surface area (Å²) >= 11 is 7.91. The highest BCUT2D eigenvalue weighted by Gasteiger charge is 2.46. The highest BCUT2D eigenvalue weighted by Crippen LogP contribution is 2.41. The fourth-order valence-corrected chi connectivity index (χ4v) is 9.24. The van der Waals surface area contributed by atoms with Gasteiger partial charge < -0.3 is 15.5 Å². The van der Waals surface area contributed by atoms with E-state index in [4.69, 9.17) is 16.6 Å². The summed E-state index contributed by atoms with van der Waals surface area (Å²) in [5.74, 6) is 1.42. The van der Waals surface area contributed by atoms with Gasteiger partial charge in [-0.15, -0.1) is 21.5 Å². The lowest BCUT2D eigenvalue weighted by molar-refractivity contribution is -0.134. The van der Waals surface area contributed by atoms with Gasteiger partial charge in [0.2, 0.25) is 17.7 Å². The Kier molecular flexibility index (Phi) is 12.0. The molecule has 3 aliphatic rings. The molecule has 0 bridgehead atoms. The van der Waals surface area contributed by atoms with E-state index in [9.17, 15) is 19.2 Å².